The summed E-state index contributed by atoms with van der Waals surface area (Å²) in [5.74, 6) is 1.55. The lowest BCUT2D eigenvalue weighted by Gasteiger charge is -2.11. The van der Waals surface area contributed by atoms with Crippen LogP contribution < -0.4 is 5.32 Å². The lowest BCUT2D eigenvalue weighted by molar-refractivity contribution is 0.526. The Hall–Kier alpha value is -1.84. The Morgan fingerprint density at radius 3 is 2.67 bits per heavy atom. The second kappa shape index (κ2) is 5.67. The number of pyridine rings is 1. The van der Waals surface area contributed by atoms with E-state index in [9.17, 15) is 0 Å². The van der Waals surface area contributed by atoms with Gasteiger partial charge in [0.05, 0.1) is 5.69 Å². The molecule has 2 aromatic rings. The number of aryl methyl sites for hydroxylation is 1. The fourth-order valence-corrected chi connectivity index (χ4v) is 1.90. The standard InChI is InChI=1S/C14H20N4/c1-11(2)9-18-10-12(3)17-14(18)16-8-13-4-6-15-7-5-13/h4-7,10-11H,8-9H2,1-3H3,(H,16,17). The number of anilines is 1. The van der Waals surface area contributed by atoms with Gasteiger partial charge in [0.25, 0.3) is 0 Å². The lowest BCUT2D eigenvalue weighted by atomic mass is 10.2. The molecule has 4 heteroatoms. The van der Waals surface area contributed by atoms with Crippen LogP contribution in [0.5, 0.6) is 0 Å². The van der Waals surface area contributed by atoms with E-state index in [1.54, 1.807) is 0 Å². The molecule has 0 saturated carbocycles. The van der Waals surface area contributed by atoms with Gasteiger partial charge in [-0.15, -0.1) is 0 Å². The van der Waals surface area contributed by atoms with E-state index in [-0.39, 0.29) is 0 Å². The zero-order valence-corrected chi connectivity index (χ0v) is 11.2. The van der Waals surface area contributed by atoms with Crippen molar-refractivity contribution in [2.45, 2.75) is 33.9 Å². The summed E-state index contributed by atoms with van der Waals surface area (Å²) in [4.78, 5) is 8.53. The number of rotatable bonds is 5. The van der Waals surface area contributed by atoms with Crippen LogP contribution in [0.3, 0.4) is 0 Å². The number of nitrogens with one attached hydrogen (secondary N) is 1. The predicted molar refractivity (Wildman–Crippen MR) is 73.4 cm³/mol. The van der Waals surface area contributed by atoms with Gasteiger partial charge in [0.15, 0.2) is 0 Å². The van der Waals surface area contributed by atoms with Gasteiger partial charge in [-0.2, -0.15) is 0 Å². The maximum atomic E-state index is 4.51. The normalized spacial score (nSPS) is 10.9. The molecule has 2 rings (SSSR count). The fourth-order valence-electron chi connectivity index (χ4n) is 1.90. The van der Waals surface area contributed by atoms with Gasteiger partial charge in [0.2, 0.25) is 5.95 Å². The second-order valence-corrected chi connectivity index (χ2v) is 4.96. The molecule has 18 heavy (non-hydrogen) atoms. The molecule has 0 unspecified atom stereocenters. The van der Waals surface area contributed by atoms with E-state index in [1.165, 1.54) is 5.56 Å². The first-order valence-electron chi connectivity index (χ1n) is 6.31. The highest BCUT2D eigenvalue weighted by molar-refractivity contribution is 5.30. The van der Waals surface area contributed by atoms with Gasteiger partial charge >= 0.3 is 0 Å². The molecule has 0 aromatic carbocycles. The number of nitrogens with zero attached hydrogens (tertiary/aromatic N) is 3. The summed E-state index contributed by atoms with van der Waals surface area (Å²) in [6.07, 6.45) is 5.71. The fraction of sp³-hybridized carbons (Fsp3) is 0.429. The van der Waals surface area contributed by atoms with Crippen LogP contribution in [0, 0.1) is 12.8 Å². The van der Waals surface area contributed by atoms with Crippen molar-refractivity contribution in [1.29, 1.82) is 0 Å². The van der Waals surface area contributed by atoms with Gasteiger partial charge in [-0.25, -0.2) is 4.98 Å². The van der Waals surface area contributed by atoms with Gasteiger partial charge < -0.3 is 9.88 Å². The predicted octanol–water partition coefficient (Wildman–Crippen LogP) is 2.85. The molecule has 0 saturated heterocycles. The number of hydrogen-bond acceptors (Lipinski definition) is 3. The first-order valence-corrected chi connectivity index (χ1v) is 6.31. The van der Waals surface area contributed by atoms with Crippen molar-refractivity contribution in [3.63, 3.8) is 0 Å². The summed E-state index contributed by atoms with van der Waals surface area (Å²) in [7, 11) is 0. The molecule has 2 aromatic heterocycles. The molecule has 4 nitrogen and oxygen atoms in total. The Balaban J connectivity index is 2.04. The highest BCUT2D eigenvalue weighted by Gasteiger charge is 2.06. The number of hydrogen-bond donors (Lipinski definition) is 1. The molecule has 96 valence electrons. The highest BCUT2D eigenvalue weighted by atomic mass is 15.2. The molecule has 0 fully saturated rings. The number of aromatic nitrogens is 3. The van der Waals surface area contributed by atoms with Crippen molar-refractivity contribution >= 4 is 5.95 Å². The quantitative estimate of drug-likeness (QED) is 0.879. The van der Waals surface area contributed by atoms with E-state index >= 15 is 0 Å². The minimum atomic E-state index is 0.611. The van der Waals surface area contributed by atoms with E-state index < -0.39 is 0 Å². The zero-order chi connectivity index (χ0) is 13.0. The Labute approximate surface area is 108 Å². The Bertz CT molecular complexity index is 488. The van der Waals surface area contributed by atoms with Crippen molar-refractivity contribution in [1.82, 2.24) is 14.5 Å². The first-order chi connectivity index (χ1) is 8.65. The van der Waals surface area contributed by atoms with Crippen LogP contribution in [0.1, 0.15) is 25.1 Å². The van der Waals surface area contributed by atoms with Crippen LogP contribution >= 0.6 is 0 Å². The Morgan fingerprint density at radius 1 is 1.28 bits per heavy atom. The third-order valence-electron chi connectivity index (χ3n) is 2.66. The van der Waals surface area contributed by atoms with Crippen molar-refractivity contribution in [2.75, 3.05) is 5.32 Å². The molecule has 0 atom stereocenters. The van der Waals surface area contributed by atoms with Crippen LogP contribution in [-0.2, 0) is 13.1 Å². The van der Waals surface area contributed by atoms with E-state index in [2.05, 4.69) is 39.9 Å². The summed E-state index contributed by atoms with van der Waals surface area (Å²) >= 11 is 0. The van der Waals surface area contributed by atoms with Crippen molar-refractivity contribution in [3.8, 4) is 0 Å². The third-order valence-corrected chi connectivity index (χ3v) is 2.66. The summed E-state index contributed by atoms with van der Waals surface area (Å²) < 4.78 is 2.18. The molecule has 0 aliphatic rings. The molecular formula is C14H20N4. The van der Waals surface area contributed by atoms with Gasteiger partial charge in [0.1, 0.15) is 0 Å². The minimum Gasteiger partial charge on any atom is -0.352 e. The van der Waals surface area contributed by atoms with Crippen LogP contribution in [0.15, 0.2) is 30.7 Å². The molecule has 0 bridgehead atoms. The third kappa shape index (κ3) is 3.32. The van der Waals surface area contributed by atoms with E-state index in [1.807, 2.05) is 31.5 Å². The van der Waals surface area contributed by atoms with Crippen molar-refractivity contribution in [2.24, 2.45) is 5.92 Å². The zero-order valence-electron chi connectivity index (χ0n) is 11.2. The molecule has 0 radical (unpaired) electrons. The average molecular weight is 244 g/mol. The largest absolute Gasteiger partial charge is 0.352 e. The molecule has 0 aliphatic heterocycles. The van der Waals surface area contributed by atoms with Gasteiger partial charge in [-0.05, 0) is 30.5 Å². The van der Waals surface area contributed by atoms with E-state index in [0.717, 1.165) is 24.7 Å². The molecule has 1 N–H and O–H groups in total. The first kappa shape index (κ1) is 12.6. The van der Waals surface area contributed by atoms with Crippen molar-refractivity contribution < 1.29 is 0 Å². The summed E-state index contributed by atoms with van der Waals surface area (Å²) in [6, 6.07) is 4.02. The SMILES string of the molecule is Cc1cn(CC(C)C)c(NCc2ccncc2)n1. The molecule has 0 amide bonds. The molecule has 0 aliphatic carbocycles. The van der Waals surface area contributed by atoms with Gasteiger partial charge in [0, 0.05) is 31.7 Å². The lowest BCUT2D eigenvalue weighted by Crippen LogP contribution is -2.10. The van der Waals surface area contributed by atoms with Crippen LogP contribution in [-0.4, -0.2) is 14.5 Å². The topological polar surface area (TPSA) is 42.7 Å². The molecule has 2 heterocycles. The smallest absolute Gasteiger partial charge is 0.203 e. The van der Waals surface area contributed by atoms with Crippen LogP contribution in [0.25, 0.3) is 0 Å². The van der Waals surface area contributed by atoms with Crippen LogP contribution in [0.4, 0.5) is 5.95 Å². The summed E-state index contributed by atoms with van der Waals surface area (Å²) in [5.41, 5.74) is 2.26. The second-order valence-electron chi connectivity index (χ2n) is 4.96. The Kier molecular flexibility index (Phi) is 3.97. The maximum Gasteiger partial charge on any atom is 0.203 e. The average Bonchev–Trinajstić information content (AvgIpc) is 2.67. The van der Waals surface area contributed by atoms with Gasteiger partial charge in [-0.3, -0.25) is 4.98 Å². The van der Waals surface area contributed by atoms with Gasteiger partial charge in [-0.1, -0.05) is 13.8 Å². The summed E-state index contributed by atoms with van der Waals surface area (Å²) in [6.45, 7) is 8.20. The highest BCUT2D eigenvalue weighted by Crippen LogP contribution is 2.12. The monoisotopic (exact) mass is 244 g/mol. The summed E-state index contributed by atoms with van der Waals surface area (Å²) in [5, 5.41) is 3.38. The van der Waals surface area contributed by atoms with E-state index in [4.69, 9.17) is 0 Å². The maximum absolute atomic E-state index is 4.51. The van der Waals surface area contributed by atoms with Crippen molar-refractivity contribution in [3.05, 3.63) is 42.0 Å². The number of imidazole rings is 1. The van der Waals surface area contributed by atoms with Crippen LogP contribution in [0.2, 0.25) is 0 Å². The van der Waals surface area contributed by atoms with E-state index in [0.29, 0.717) is 5.92 Å². The molecule has 0 spiro atoms. The Morgan fingerprint density at radius 2 is 2.00 bits per heavy atom. The molecular weight excluding hydrogens is 224 g/mol. The minimum absolute atomic E-state index is 0.611.